The predicted octanol–water partition coefficient (Wildman–Crippen LogP) is -3.24. The third-order valence-corrected chi connectivity index (χ3v) is 5.26. The van der Waals surface area contributed by atoms with Crippen molar-refractivity contribution in [2.24, 2.45) is 0 Å². The summed E-state index contributed by atoms with van der Waals surface area (Å²) in [5.74, 6) is -0.642. The third-order valence-electron chi connectivity index (χ3n) is 3.32. The summed E-state index contributed by atoms with van der Waals surface area (Å²) >= 11 is 3.23. The van der Waals surface area contributed by atoms with Crippen LogP contribution in [0.2, 0.25) is 0 Å². The van der Waals surface area contributed by atoms with Crippen LogP contribution in [-0.2, 0) is 28.1 Å². The maximum absolute atomic E-state index is 6.03. The number of rotatable bonds is 0. The van der Waals surface area contributed by atoms with Crippen molar-refractivity contribution in [1.29, 1.82) is 0 Å². The van der Waals surface area contributed by atoms with Crippen LogP contribution in [0.1, 0.15) is 20.9 Å². The summed E-state index contributed by atoms with van der Waals surface area (Å²) < 4.78 is 12.1. The molecule has 0 fully saturated rings. The molecule has 88 valence electrons. The minimum absolute atomic E-state index is 0. The number of hydrogen-bond acceptors (Lipinski definition) is 4. The number of thiophene rings is 2. The number of ether oxygens (including phenoxy) is 2. The summed E-state index contributed by atoms with van der Waals surface area (Å²) in [7, 11) is 0. The average molecular weight is 276 g/mol. The Morgan fingerprint density at radius 3 is 1.84 bits per heavy atom. The zero-order valence-electron chi connectivity index (χ0n) is 11.1. The molecule has 0 atom stereocenters. The summed E-state index contributed by atoms with van der Waals surface area (Å²) in [6.45, 7) is 1.43. The molecule has 2 aliphatic rings. The molecule has 6 heteroatoms. The number of fused-ring (bicyclic) bond motifs is 4. The molecule has 0 aromatic carbocycles. The van der Waals surface area contributed by atoms with Crippen molar-refractivity contribution >= 4 is 22.7 Å². The van der Waals surface area contributed by atoms with Crippen molar-refractivity contribution in [3.05, 3.63) is 43.8 Å². The van der Waals surface area contributed by atoms with Crippen molar-refractivity contribution in [3.63, 3.8) is 0 Å². The summed E-state index contributed by atoms with van der Waals surface area (Å²) in [4.78, 5) is 2.36. The number of hydrogen-bond donors (Lipinski definition) is 0. The van der Waals surface area contributed by atoms with Crippen LogP contribution in [0.3, 0.4) is 0 Å². The molecule has 2 aromatic rings. The van der Waals surface area contributed by atoms with Crippen LogP contribution in [-0.4, -0.2) is 13.2 Å². The molecule has 0 aliphatic carbocycles. The molecule has 0 bridgehead atoms. The molecule has 0 N–H and O–H groups in total. The van der Waals surface area contributed by atoms with Gasteiger partial charge in [0.15, 0.2) is 0 Å². The molecule has 0 saturated heterocycles. The fraction of sp³-hybridized carbons (Fsp3) is 0.385. The van der Waals surface area contributed by atoms with Gasteiger partial charge in [-0.1, -0.05) is 22.6 Å². The topological polar surface area (TPSA) is 18.5 Å². The van der Waals surface area contributed by atoms with Gasteiger partial charge < -0.3 is 9.47 Å². The summed E-state index contributed by atoms with van der Waals surface area (Å²) in [6.07, 6.45) is 1.93. The second kappa shape index (κ2) is 6.10. The Labute approximate surface area is 144 Å². The molecule has 2 aromatic heterocycles. The molecular weight excluding hydrogens is 266 g/mol. The maximum atomic E-state index is 6.03. The van der Waals surface area contributed by atoms with Crippen molar-refractivity contribution in [2.75, 3.05) is 13.2 Å². The Morgan fingerprint density at radius 1 is 0.895 bits per heavy atom. The van der Waals surface area contributed by atoms with Gasteiger partial charge in [0.25, 0.3) is 0 Å². The first-order valence-electron chi connectivity index (χ1n) is 5.66. The maximum Gasteiger partial charge on any atom is 1.00 e. The van der Waals surface area contributed by atoms with Gasteiger partial charge in [-0.25, -0.2) is 0 Å². The molecule has 2 nitrogen and oxygen atoms in total. The minimum Gasteiger partial charge on any atom is -0.364 e. The second-order valence-electron chi connectivity index (χ2n) is 4.25. The summed E-state index contributed by atoms with van der Waals surface area (Å²) in [5.41, 5.74) is 2.64. The quantitative estimate of drug-likeness (QED) is 0.372. The summed E-state index contributed by atoms with van der Waals surface area (Å²) in [6, 6.07) is 4.14. The monoisotopic (exact) mass is 276 g/mol. The zero-order valence-corrected chi connectivity index (χ0v) is 12.7. The van der Waals surface area contributed by atoms with Gasteiger partial charge in [-0.15, -0.1) is 10.8 Å². The average Bonchev–Trinajstić information content (AvgIpc) is 2.97. The Balaban J connectivity index is 0.000000667. The smallest absolute Gasteiger partial charge is 0.364 e. The van der Waals surface area contributed by atoms with Gasteiger partial charge in [0.05, 0.1) is 0 Å². The molecule has 4 rings (SSSR count). The summed E-state index contributed by atoms with van der Waals surface area (Å²) in [5, 5.41) is 6.42. The van der Waals surface area contributed by atoms with E-state index in [-0.39, 0.29) is 37.7 Å². The molecule has 0 unspecified atom stereocenters. The Bertz CT molecular complexity index is 514. The van der Waals surface area contributed by atoms with E-state index in [2.05, 4.69) is 22.9 Å². The molecule has 0 saturated carbocycles. The van der Waals surface area contributed by atoms with Crippen molar-refractivity contribution in [2.45, 2.75) is 18.6 Å². The van der Waals surface area contributed by atoms with Gasteiger partial charge in [0, 0.05) is 13.2 Å². The van der Waals surface area contributed by atoms with E-state index < -0.39 is 5.79 Å². The van der Waals surface area contributed by atoms with Crippen LogP contribution in [0.15, 0.2) is 12.1 Å². The largest absolute Gasteiger partial charge is 1.00 e. The molecular formula is C13H10Li2O2S2. The minimum atomic E-state index is -0.642. The van der Waals surface area contributed by atoms with E-state index in [9.17, 15) is 0 Å². The van der Waals surface area contributed by atoms with E-state index in [1.165, 1.54) is 20.9 Å². The van der Waals surface area contributed by atoms with Gasteiger partial charge in [-0.05, 0) is 0 Å². The fourth-order valence-electron chi connectivity index (χ4n) is 2.53. The standard InChI is InChI=1S/C13H10O2S2.2Li/c1-5-14-13(11-9(1)3-7-16-11)12-10(2-6-15-13)4-8-17-12;;/h3-4H,1-2,5-6H2;;/q-2;2*+1. The van der Waals surface area contributed by atoms with Crippen molar-refractivity contribution in [3.8, 4) is 0 Å². The van der Waals surface area contributed by atoms with Gasteiger partial charge in [0.1, 0.15) is 5.79 Å². The molecule has 4 heterocycles. The second-order valence-corrected chi connectivity index (χ2v) is 5.95. The Hall–Kier alpha value is 0.515. The zero-order chi connectivity index (χ0) is 11.3. The van der Waals surface area contributed by atoms with E-state index in [1.807, 2.05) is 0 Å². The first kappa shape index (κ1) is 15.9. The third kappa shape index (κ3) is 2.33. The van der Waals surface area contributed by atoms with E-state index in [0.29, 0.717) is 0 Å². The van der Waals surface area contributed by atoms with Gasteiger partial charge >= 0.3 is 37.7 Å². The van der Waals surface area contributed by atoms with Crippen LogP contribution in [0.25, 0.3) is 0 Å². The van der Waals surface area contributed by atoms with Gasteiger partial charge in [-0.3, -0.25) is 22.7 Å². The van der Waals surface area contributed by atoms with Gasteiger partial charge in [0.2, 0.25) is 0 Å². The van der Waals surface area contributed by atoms with Gasteiger partial charge in [-0.2, -0.15) is 23.3 Å². The normalized spacial score (nSPS) is 18.9. The molecule has 0 amide bonds. The van der Waals surface area contributed by atoms with Crippen LogP contribution >= 0.6 is 22.7 Å². The predicted molar refractivity (Wildman–Crippen MR) is 66.4 cm³/mol. The van der Waals surface area contributed by atoms with Crippen LogP contribution in [0.5, 0.6) is 0 Å². The molecule has 1 spiro atoms. The van der Waals surface area contributed by atoms with Crippen LogP contribution in [0.4, 0.5) is 0 Å². The van der Waals surface area contributed by atoms with Crippen LogP contribution < -0.4 is 37.7 Å². The van der Waals surface area contributed by atoms with Crippen molar-refractivity contribution in [1.82, 2.24) is 0 Å². The molecule has 2 aliphatic heterocycles. The molecule has 19 heavy (non-hydrogen) atoms. The van der Waals surface area contributed by atoms with Crippen LogP contribution in [0, 0.1) is 10.8 Å². The Kier molecular flexibility index (Phi) is 5.10. The Morgan fingerprint density at radius 2 is 1.37 bits per heavy atom. The molecule has 0 radical (unpaired) electrons. The first-order chi connectivity index (χ1) is 8.40. The fourth-order valence-corrected chi connectivity index (χ4v) is 4.52. The SMILES string of the molecule is [Li+].[Li+].[c-]1cc2c(s1)C1(OCC2)OCCc2c[c-]sc21. The van der Waals surface area contributed by atoms with E-state index >= 15 is 0 Å². The van der Waals surface area contributed by atoms with E-state index in [0.717, 1.165) is 26.1 Å². The van der Waals surface area contributed by atoms with E-state index in [1.54, 1.807) is 22.7 Å². The van der Waals surface area contributed by atoms with E-state index in [4.69, 9.17) is 9.47 Å². The van der Waals surface area contributed by atoms with Crippen molar-refractivity contribution < 1.29 is 47.2 Å². The first-order valence-corrected chi connectivity index (χ1v) is 7.30.